The van der Waals surface area contributed by atoms with Crippen molar-refractivity contribution in [3.63, 3.8) is 0 Å². The van der Waals surface area contributed by atoms with Gasteiger partial charge in [0.1, 0.15) is 6.54 Å². The molecule has 0 rings (SSSR count). The number of hydrogen-bond acceptors (Lipinski definition) is 3. The highest BCUT2D eigenvalue weighted by molar-refractivity contribution is 5.84. The summed E-state index contributed by atoms with van der Waals surface area (Å²) in [4.78, 5) is 20.7. The van der Waals surface area contributed by atoms with E-state index in [1.807, 2.05) is 0 Å². The molecule has 1 atom stereocenters. The van der Waals surface area contributed by atoms with Crippen molar-refractivity contribution in [1.29, 1.82) is 0 Å². The second-order valence-corrected chi connectivity index (χ2v) is 2.13. The molecular weight excluding hydrogens is 148 g/mol. The summed E-state index contributed by atoms with van der Waals surface area (Å²) in [7, 11) is 0. The molecule has 11 heavy (non-hydrogen) atoms. The third-order valence-electron chi connectivity index (χ3n) is 1.19. The molecule has 0 spiro atoms. The molecular formula is C6H12N2O3. The summed E-state index contributed by atoms with van der Waals surface area (Å²) in [6.07, 6.45) is 0.505. The Balaban J connectivity index is 3.60. The lowest BCUT2D eigenvalue weighted by atomic mass is 10.2. The van der Waals surface area contributed by atoms with Crippen LogP contribution in [-0.2, 0) is 9.59 Å². The summed E-state index contributed by atoms with van der Waals surface area (Å²) < 4.78 is 0. The second kappa shape index (κ2) is 4.68. The first-order valence-electron chi connectivity index (χ1n) is 3.33. The summed E-state index contributed by atoms with van der Waals surface area (Å²) in [6, 6.07) is -0.602. The lowest BCUT2D eigenvalue weighted by Gasteiger charge is -2.07. The molecule has 0 aliphatic rings. The topological polar surface area (TPSA) is 92.4 Å². The van der Waals surface area contributed by atoms with Gasteiger partial charge in [0.2, 0.25) is 5.91 Å². The summed E-state index contributed by atoms with van der Waals surface area (Å²) >= 11 is 0. The smallest absolute Gasteiger partial charge is 0.322 e. The van der Waals surface area contributed by atoms with Gasteiger partial charge < -0.3 is 16.2 Å². The van der Waals surface area contributed by atoms with Gasteiger partial charge >= 0.3 is 5.97 Å². The van der Waals surface area contributed by atoms with Crippen LogP contribution in [0.1, 0.15) is 13.3 Å². The van der Waals surface area contributed by atoms with Crippen LogP contribution in [0.4, 0.5) is 0 Å². The third-order valence-corrected chi connectivity index (χ3v) is 1.19. The number of rotatable bonds is 4. The Kier molecular flexibility index (Phi) is 4.21. The monoisotopic (exact) mass is 160 g/mol. The van der Waals surface area contributed by atoms with Gasteiger partial charge in [0.25, 0.3) is 0 Å². The van der Waals surface area contributed by atoms with E-state index in [0.717, 1.165) is 0 Å². The molecule has 0 aliphatic heterocycles. The van der Waals surface area contributed by atoms with Gasteiger partial charge in [-0.15, -0.1) is 0 Å². The molecule has 4 N–H and O–H groups in total. The first-order chi connectivity index (χ1) is 5.07. The van der Waals surface area contributed by atoms with Crippen LogP contribution >= 0.6 is 0 Å². The van der Waals surface area contributed by atoms with E-state index in [1.54, 1.807) is 6.92 Å². The minimum Gasteiger partial charge on any atom is -0.480 e. The number of carboxylic acids is 1. The predicted molar refractivity (Wildman–Crippen MR) is 38.9 cm³/mol. The van der Waals surface area contributed by atoms with E-state index in [2.05, 4.69) is 5.32 Å². The maximum Gasteiger partial charge on any atom is 0.322 e. The Morgan fingerprint density at radius 2 is 2.18 bits per heavy atom. The maximum atomic E-state index is 10.8. The lowest BCUT2D eigenvalue weighted by molar-refractivity contribution is -0.138. The van der Waals surface area contributed by atoms with E-state index in [-0.39, 0.29) is 6.54 Å². The van der Waals surface area contributed by atoms with Gasteiger partial charge in [0.05, 0.1) is 6.04 Å². The van der Waals surface area contributed by atoms with Crippen molar-refractivity contribution in [3.05, 3.63) is 0 Å². The summed E-state index contributed by atoms with van der Waals surface area (Å²) in [5.74, 6) is -1.49. The normalized spacial score (nSPS) is 12.2. The number of amides is 1. The van der Waals surface area contributed by atoms with Gasteiger partial charge in [0.15, 0.2) is 0 Å². The van der Waals surface area contributed by atoms with E-state index in [9.17, 15) is 9.59 Å². The number of nitrogens with two attached hydrogens (primary N) is 1. The van der Waals surface area contributed by atoms with Crippen molar-refractivity contribution in [2.45, 2.75) is 19.4 Å². The van der Waals surface area contributed by atoms with Crippen molar-refractivity contribution in [1.82, 2.24) is 5.32 Å². The van der Waals surface area contributed by atoms with Gasteiger partial charge in [-0.1, -0.05) is 6.92 Å². The molecule has 0 radical (unpaired) electrons. The Morgan fingerprint density at radius 1 is 1.64 bits per heavy atom. The third kappa shape index (κ3) is 4.32. The molecule has 1 unspecified atom stereocenters. The van der Waals surface area contributed by atoms with Crippen LogP contribution in [0.5, 0.6) is 0 Å². The van der Waals surface area contributed by atoms with E-state index < -0.39 is 17.9 Å². The molecule has 5 heteroatoms. The van der Waals surface area contributed by atoms with Crippen LogP contribution in [0.25, 0.3) is 0 Å². The Hall–Kier alpha value is -1.10. The first-order valence-corrected chi connectivity index (χ1v) is 3.33. The number of carboxylic acid groups (broad SMARTS) is 1. The zero-order valence-electron chi connectivity index (χ0n) is 6.33. The molecule has 64 valence electrons. The van der Waals surface area contributed by atoms with Gasteiger partial charge in [-0.05, 0) is 6.42 Å². The molecule has 0 saturated heterocycles. The molecule has 0 aromatic rings. The highest BCUT2D eigenvalue weighted by atomic mass is 16.4. The molecule has 0 aromatic carbocycles. The molecule has 0 aliphatic carbocycles. The minimum atomic E-state index is -1.07. The van der Waals surface area contributed by atoms with E-state index in [1.165, 1.54) is 0 Å². The molecule has 0 aromatic heterocycles. The molecule has 5 nitrogen and oxygen atoms in total. The van der Waals surface area contributed by atoms with E-state index in [0.29, 0.717) is 6.42 Å². The quantitative estimate of drug-likeness (QED) is 0.488. The Bertz CT molecular complexity index is 158. The number of carbonyl (C=O) groups excluding carboxylic acids is 1. The average molecular weight is 160 g/mol. The highest BCUT2D eigenvalue weighted by Crippen LogP contribution is 1.84. The van der Waals surface area contributed by atoms with Gasteiger partial charge in [-0.3, -0.25) is 9.59 Å². The van der Waals surface area contributed by atoms with Crippen LogP contribution < -0.4 is 11.1 Å². The van der Waals surface area contributed by atoms with E-state index in [4.69, 9.17) is 10.8 Å². The van der Waals surface area contributed by atoms with Gasteiger partial charge in [-0.25, -0.2) is 0 Å². The van der Waals surface area contributed by atoms with Crippen LogP contribution in [-0.4, -0.2) is 29.6 Å². The maximum absolute atomic E-state index is 10.8. The molecule has 0 saturated carbocycles. The van der Waals surface area contributed by atoms with Gasteiger partial charge in [-0.2, -0.15) is 0 Å². The predicted octanol–water partition coefficient (Wildman–Crippen LogP) is -1.08. The van der Waals surface area contributed by atoms with E-state index >= 15 is 0 Å². The number of carbonyl (C=O) groups is 2. The summed E-state index contributed by atoms with van der Waals surface area (Å²) in [6.45, 7) is 1.39. The van der Waals surface area contributed by atoms with Crippen LogP contribution in [0.15, 0.2) is 0 Å². The van der Waals surface area contributed by atoms with Crippen molar-refractivity contribution >= 4 is 11.9 Å². The van der Waals surface area contributed by atoms with Crippen LogP contribution in [0.2, 0.25) is 0 Å². The minimum absolute atomic E-state index is 0.369. The van der Waals surface area contributed by atoms with Crippen LogP contribution in [0.3, 0.4) is 0 Å². The Labute approximate surface area is 64.6 Å². The number of nitrogens with one attached hydrogen (secondary N) is 1. The first kappa shape index (κ1) is 9.90. The standard InChI is InChI=1S/C6H12N2O3/c1-2-4(7)6(11)8-3-5(9)10/h4H,2-3,7H2,1H3,(H,8,11)(H,9,10). The van der Waals surface area contributed by atoms with Gasteiger partial charge in [0, 0.05) is 0 Å². The fraction of sp³-hybridized carbons (Fsp3) is 0.667. The molecule has 0 bridgehead atoms. The zero-order chi connectivity index (χ0) is 8.85. The Morgan fingerprint density at radius 3 is 2.55 bits per heavy atom. The highest BCUT2D eigenvalue weighted by Gasteiger charge is 2.10. The fourth-order valence-corrected chi connectivity index (χ4v) is 0.479. The molecule has 0 fully saturated rings. The van der Waals surface area contributed by atoms with Crippen molar-refractivity contribution in [2.24, 2.45) is 5.73 Å². The zero-order valence-corrected chi connectivity index (χ0v) is 6.33. The molecule has 1 amide bonds. The molecule has 0 heterocycles. The second-order valence-electron chi connectivity index (χ2n) is 2.13. The van der Waals surface area contributed by atoms with Crippen molar-refractivity contribution in [2.75, 3.05) is 6.54 Å². The largest absolute Gasteiger partial charge is 0.480 e. The van der Waals surface area contributed by atoms with Crippen molar-refractivity contribution in [3.8, 4) is 0 Å². The average Bonchev–Trinajstić information content (AvgIpc) is 1.98. The SMILES string of the molecule is CCC(N)C(=O)NCC(=O)O. The number of aliphatic carboxylic acids is 1. The lowest BCUT2D eigenvalue weighted by Crippen LogP contribution is -2.42. The fourth-order valence-electron chi connectivity index (χ4n) is 0.479. The number of hydrogen-bond donors (Lipinski definition) is 3. The summed E-state index contributed by atoms with van der Waals surface area (Å²) in [5, 5.41) is 10.3. The summed E-state index contributed by atoms with van der Waals surface area (Å²) in [5.41, 5.74) is 5.30. The van der Waals surface area contributed by atoms with Crippen LogP contribution in [0, 0.1) is 0 Å². The van der Waals surface area contributed by atoms with Crippen molar-refractivity contribution < 1.29 is 14.7 Å².